The normalized spacial score (nSPS) is 11.2. The molecule has 0 aliphatic carbocycles. The fourth-order valence-corrected chi connectivity index (χ4v) is 3.10. The van der Waals surface area contributed by atoms with Gasteiger partial charge in [-0.25, -0.2) is 4.98 Å². The van der Waals surface area contributed by atoms with Gasteiger partial charge in [-0.05, 0) is 44.0 Å². The Bertz CT molecular complexity index is 951. The number of nitrogens with one attached hydrogen (secondary N) is 2. The lowest BCUT2D eigenvalue weighted by Crippen LogP contribution is -2.38. The van der Waals surface area contributed by atoms with Crippen molar-refractivity contribution in [3.8, 4) is 5.75 Å². The van der Waals surface area contributed by atoms with Gasteiger partial charge in [-0.1, -0.05) is 23.8 Å². The first kappa shape index (κ1) is 22.0. The van der Waals surface area contributed by atoms with Crippen LogP contribution in [0.5, 0.6) is 5.75 Å². The summed E-state index contributed by atoms with van der Waals surface area (Å²) >= 11 is 0. The number of halogens is 1. The predicted molar refractivity (Wildman–Crippen MR) is 125 cm³/mol. The number of hydrogen-bond donors (Lipinski definition) is 2. The quantitative estimate of drug-likeness (QED) is 0.314. The second-order valence-electron chi connectivity index (χ2n) is 6.55. The number of fused-ring (bicyclic) bond motifs is 1. The van der Waals surface area contributed by atoms with Gasteiger partial charge in [-0.2, -0.15) is 0 Å². The Kier molecular flexibility index (Phi) is 8.10. The summed E-state index contributed by atoms with van der Waals surface area (Å²) in [6.07, 6.45) is 2.92. The van der Waals surface area contributed by atoms with Crippen molar-refractivity contribution in [1.82, 2.24) is 20.0 Å². The number of guanidine groups is 1. The van der Waals surface area contributed by atoms with Crippen LogP contribution in [0.15, 0.2) is 47.6 Å². The summed E-state index contributed by atoms with van der Waals surface area (Å²) in [5.41, 5.74) is 5.53. The van der Waals surface area contributed by atoms with Gasteiger partial charge in [0, 0.05) is 25.5 Å². The molecule has 150 valence electrons. The molecule has 0 unspecified atom stereocenters. The van der Waals surface area contributed by atoms with Gasteiger partial charge in [0.1, 0.15) is 11.4 Å². The number of aromatic nitrogens is 2. The van der Waals surface area contributed by atoms with Gasteiger partial charge >= 0.3 is 0 Å². The van der Waals surface area contributed by atoms with Gasteiger partial charge in [-0.3, -0.25) is 4.99 Å². The minimum absolute atomic E-state index is 0. The number of ether oxygens (including phenoxy) is 1. The van der Waals surface area contributed by atoms with E-state index in [1.807, 2.05) is 18.2 Å². The molecule has 0 aliphatic heterocycles. The van der Waals surface area contributed by atoms with Crippen molar-refractivity contribution >= 4 is 35.6 Å². The fourth-order valence-electron chi connectivity index (χ4n) is 3.10. The molecule has 0 atom stereocenters. The Morgan fingerprint density at radius 3 is 2.71 bits per heavy atom. The van der Waals surface area contributed by atoms with E-state index in [-0.39, 0.29) is 24.0 Å². The second-order valence-corrected chi connectivity index (χ2v) is 6.55. The molecular formula is C21H28IN5O. The third-order valence-electron chi connectivity index (χ3n) is 4.53. The first-order valence-electron chi connectivity index (χ1n) is 9.12. The molecule has 2 aromatic heterocycles. The van der Waals surface area contributed by atoms with E-state index in [1.165, 1.54) is 16.8 Å². The van der Waals surface area contributed by atoms with E-state index >= 15 is 0 Å². The topological polar surface area (TPSA) is 63.0 Å². The summed E-state index contributed by atoms with van der Waals surface area (Å²) in [4.78, 5) is 8.94. The Morgan fingerprint density at radius 2 is 2.00 bits per heavy atom. The highest BCUT2D eigenvalue weighted by molar-refractivity contribution is 14.0. The zero-order valence-corrected chi connectivity index (χ0v) is 19.2. The monoisotopic (exact) mass is 493 g/mol. The standard InChI is InChI=1S/C21H27N5O.HI/c1-15-8-9-19(27-4)17(12-15)10-11-23-21(22-3)24-13-18-14-26-16(2)6-5-7-20(26)25-18;/h5-9,12,14H,10-11,13H2,1-4H3,(H2,22,23,24);1H. The molecular weight excluding hydrogens is 465 g/mol. The van der Waals surface area contributed by atoms with Crippen molar-refractivity contribution in [2.45, 2.75) is 26.8 Å². The molecule has 3 aromatic rings. The SMILES string of the molecule is CN=C(NCCc1cc(C)ccc1OC)NCc1cn2c(C)cccc2n1.I. The number of benzene rings is 1. The molecule has 0 aliphatic rings. The first-order chi connectivity index (χ1) is 13.1. The molecule has 1 aromatic carbocycles. The van der Waals surface area contributed by atoms with Gasteiger partial charge in [0.05, 0.1) is 19.3 Å². The van der Waals surface area contributed by atoms with Crippen LogP contribution in [-0.2, 0) is 13.0 Å². The molecule has 0 bridgehead atoms. The first-order valence-corrected chi connectivity index (χ1v) is 9.12. The van der Waals surface area contributed by atoms with Crippen LogP contribution >= 0.6 is 24.0 Å². The zero-order valence-electron chi connectivity index (χ0n) is 16.8. The Balaban J connectivity index is 0.00000280. The van der Waals surface area contributed by atoms with E-state index in [1.54, 1.807) is 14.2 Å². The lowest BCUT2D eigenvalue weighted by molar-refractivity contribution is 0.409. The molecule has 3 rings (SSSR count). The highest BCUT2D eigenvalue weighted by Gasteiger charge is 2.06. The Labute approximate surface area is 183 Å². The van der Waals surface area contributed by atoms with Crippen molar-refractivity contribution in [3.05, 3.63) is 65.1 Å². The number of rotatable bonds is 6. The lowest BCUT2D eigenvalue weighted by Gasteiger charge is -2.13. The molecule has 7 heteroatoms. The molecule has 0 radical (unpaired) electrons. The molecule has 0 spiro atoms. The molecule has 6 nitrogen and oxygen atoms in total. The number of hydrogen-bond acceptors (Lipinski definition) is 3. The van der Waals surface area contributed by atoms with Crippen molar-refractivity contribution in [2.75, 3.05) is 20.7 Å². The third kappa shape index (κ3) is 5.37. The van der Waals surface area contributed by atoms with Crippen molar-refractivity contribution in [2.24, 2.45) is 4.99 Å². The molecule has 0 amide bonds. The summed E-state index contributed by atoms with van der Waals surface area (Å²) < 4.78 is 7.54. The van der Waals surface area contributed by atoms with E-state index in [0.717, 1.165) is 36.0 Å². The average Bonchev–Trinajstić information content (AvgIpc) is 3.09. The third-order valence-corrected chi connectivity index (χ3v) is 4.53. The van der Waals surface area contributed by atoms with Crippen LogP contribution < -0.4 is 15.4 Å². The van der Waals surface area contributed by atoms with Crippen LogP contribution in [0.4, 0.5) is 0 Å². The number of nitrogens with zero attached hydrogens (tertiary/aromatic N) is 3. The summed E-state index contributed by atoms with van der Waals surface area (Å²) in [6, 6.07) is 12.4. The van der Waals surface area contributed by atoms with Crippen LogP contribution in [0.1, 0.15) is 22.5 Å². The number of aliphatic imine (C=N–C) groups is 1. The van der Waals surface area contributed by atoms with E-state index in [9.17, 15) is 0 Å². The number of methoxy groups -OCH3 is 1. The number of pyridine rings is 1. The summed E-state index contributed by atoms with van der Waals surface area (Å²) in [5, 5.41) is 6.68. The predicted octanol–water partition coefficient (Wildman–Crippen LogP) is 3.49. The maximum absolute atomic E-state index is 5.44. The van der Waals surface area contributed by atoms with Gasteiger partial charge in [0.2, 0.25) is 0 Å². The minimum atomic E-state index is 0. The van der Waals surface area contributed by atoms with Crippen LogP contribution in [0, 0.1) is 13.8 Å². The Morgan fingerprint density at radius 1 is 1.18 bits per heavy atom. The maximum atomic E-state index is 5.44. The summed E-state index contributed by atoms with van der Waals surface area (Å²) in [6.45, 7) is 5.55. The fraction of sp³-hybridized carbons (Fsp3) is 0.333. The molecule has 2 N–H and O–H groups in total. The molecule has 2 heterocycles. The van der Waals surface area contributed by atoms with Gasteiger partial charge in [0.15, 0.2) is 5.96 Å². The van der Waals surface area contributed by atoms with Crippen LogP contribution in [0.3, 0.4) is 0 Å². The summed E-state index contributed by atoms with van der Waals surface area (Å²) in [5.74, 6) is 1.68. The molecule has 0 saturated heterocycles. The molecule has 0 fully saturated rings. The van der Waals surface area contributed by atoms with Crippen LogP contribution in [0.2, 0.25) is 0 Å². The summed E-state index contributed by atoms with van der Waals surface area (Å²) in [7, 11) is 3.48. The van der Waals surface area contributed by atoms with Gasteiger partial charge < -0.3 is 19.8 Å². The molecule has 28 heavy (non-hydrogen) atoms. The lowest BCUT2D eigenvalue weighted by atomic mass is 10.1. The minimum Gasteiger partial charge on any atom is -0.496 e. The zero-order chi connectivity index (χ0) is 19.2. The molecule has 0 saturated carbocycles. The highest BCUT2D eigenvalue weighted by Crippen LogP contribution is 2.19. The van der Waals surface area contributed by atoms with Crippen molar-refractivity contribution < 1.29 is 4.74 Å². The van der Waals surface area contributed by atoms with Crippen LogP contribution in [-0.4, -0.2) is 36.0 Å². The van der Waals surface area contributed by atoms with Crippen LogP contribution in [0.25, 0.3) is 5.65 Å². The average molecular weight is 493 g/mol. The van der Waals surface area contributed by atoms with E-state index in [4.69, 9.17) is 4.74 Å². The van der Waals surface area contributed by atoms with Crippen molar-refractivity contribution in [3.63, 3.8) is 0 Å². The second kappa shape index (κ2) is 10.3. The maximum Gasteiger partial charge on any atom is 0.191 e. The van der Waals surface area contributed by atoms with Crippen molar-refractivity contribution in [1.29, 1.82) is 0 Å². The Hall–Kier alpha value is -2.29. The number of imidazole rings is 1. The smallest absolute Gasteiger partial charge is 0.191 e. The van der Waals surface area contributed by atoms with E-state index in [2.05, 4.69) is 63.3 Å². The van der Waals surface area contributed by atoms with E-state index < -0.39 is 0 Å². The van der Waals surface area contributed by atoms with E-state index in [0.29, 0.717) is 6.54 Å². The largest absolute Gasteiger partial charge is 0.496 e. The van der Waals surface area contributed by atoms with Gasteiger partial charge in [0.25, 0.3) is 0 Å². The highest BCUT2D eigenvalue weighted by atomic mass is 127. The number of aryl methyl sites for hydroxylation is 2. The van der Waals surface area contributed by atoms with Gasteiger partial charge in [-0.15, -0.1) is 24.0 Å².